The summed E-state index contributed by atoms with van der Waals surface area (Å²) in [6.07, 6.45) is 0. The van der Waals surface area contributed by atoms with Crippen molar-refractivity contribution in [2.45, 2.75) is 25.9 Å². The first-order valence-electron chi connectivity index (χ1n) is 6.93. The smallest absolute Gasteiger partial charge is 0.0424 e. The van der Waals surface area contributed by atoms with Crippen LogP contribution in [0.5, 0.6) is 0 Å². The number of benzene rings is 1. The molecule has 100 valence electrons. The number of piperazine rings is 1. The SMILES string of the molecule is CC(C)N1CCN(CC(N)c2ccccc2)CC1. The molecule has 1 heterocycles. The van der Waals surface area contributed by atoms with Crippen LogP contribution in [0.1, 0.15) is 25.5 Å². The highest BCUT2D eigenvalue weighted by Crippen LogP contribution is 2.13. The minimum absolute atomic E-state index is 0.136. The fourth-order valence-corrected chi connectivity index (χ4v) is 2.55. The lowest BCUT2D eigenvalue weighted by molar-refractivity contribution is 0.104. The van der Waals surface area contributed by atoms with Crippen molar-refractivity contribution in [3.8, 4) is 0 Å². The van der Waals surface area contributed by atoms with E-state index in [4.69, 9.17) is 5.73 Å². The number of nitrogens with zero attached hydrogens (tertiary/aromatic N) is 2. The van der Waals surface area contributed by atoms with Crippen molar-refractivity contribution < 1.29 is 0 Å². The van der Waals surface area contributed by atoms with Gasteiger partial charge < -0.3 is 5.73 Å². The van der Waals surface area contributed by atoms with E-state index < -0.39 is 0 Å². The average molecular weight is 247 g/mol. The fraction of sp³-hybridized carbons (Fsp3) is 0.600. The Hall–Kier alpha value is -0.900. The van der Waals surface area contributed by atoms with Gasteiger partial charge in [-0.25, -0.2) is 0 Å². The van der Waals surface area contributed by atoms with Crippen LogP contribution >= 0.6 is 0 Å². The Bertz CT molecular complexity index is 342. The van der Waals surface area contributed by atoms with E-state index in [1.54, 1.807) is 0 Å². The third kappa shape index (κ3) is 3.55. The summed E-state index contributed by atoms with van der Waals surface area (Å²) in [7, 11) is 0. The van der Waals surface area contributed by atoms with E-state index in [-0.39, 0.29) is 6.04 Å². The lowest BCUT2D eigenvalue weighted by Crippen LogP contribution is -2.50. The van der Waals surface area contributed by atoms with Gasteiger partial charge in [0.05, 0.1) is 0 Å². The highest BCUT2D eigenvalue weighted by molar-refractivity contribution is 5.18. The molecular weight excluding hydrogens is 222 g/mol. The van der Waals surface area contributed by atoms with E-state index in [0.717, 1.165) is 19.6 Å². The largest absolute Gasteiger partial charge is 0.323 e. The fourth-order valence-electron chi connectivity index (χ4n) is 2.55. The molecule has 0 aromatic heterocycles. The van der Waals surface area contributed by atoms with Crippen LogP contribution in [0.15, 0.2) is 30.3 Å². The predicted molar refractivity (Wildman–Crippen MR) is 76.5 cm³/mol. The lowest BCUT2D eigenvalue weighted by atomic mass is 10.1. The highest BCUT2D eigenvalue weighted by Gasteiger charge is 2.20. The van der Waals surface area contributed by atoms with Crippen LogP contribution in [-0.4, -0.2) is 48.6 Å². The summed E-state index contributed by atoms with van der Waals surface area (Å²) in [6.45, 7) is 10.1. The monoisotopic (exact) mass is 247 g/mol. The van der Waals surface area contributed by atoms with Gasteiger partial charge >= 0.3 is 0 Å². The van der Waals surface area contributed by atoms with E-state index >= 15 is 0 Å². The minimum Gasteiger partial charge on any atom is -0.323 e. The van der Waals surface area contributed by atoms with Gasteiger partial charge in [0.15, 0.2) is 0 Å². The molecule has 0 bridgehead atoms. The first-order valence-corrected chi connectivity index (χ1v) is 6.93. The van der Waals surface area contributed by atoms with Gasteiger partial charge in [0.2, 0.25) is 0 Å². The summed E-state index contributed by atoms with van der Waals surface area (Å²) in [5, 5.41) is 0. The van der Waals surface area contributed by atoms with Gasteiger partial charge in [0.1, 0.15) is 0 Å². The van der Waals surface area contributed by atoms with Crippen molar-refractivity contribution >= 4 is 0 Å². The van der Waals surface area contributed by atoms with Gasteiger partial charge in [-0.3, -0.25) is 9.80 Å². The Kier molecular flexibility index (Phi) is 4.75. The van der Waals surface area contributed by atoms with Crippen LogP contribution in [0.3, 0.4) is 0 Å². The molecule has 0 amide bonds. The molecule has 0 radical (unpaired) electrons. The molecule has 18 heavy (non-hydrogen) atoms. The zero-order chi connectivity index (χ0) is 13.0. The minimum atomic E-state index is 0.136. The molecule has 1 saturated heterocycles. The van der Waals surface area contributed by atoms with E-state index in [1.807, 2.05) is 6.07 Å². The molecule has 0 saturated carbocycles. The molecule has 1 aromatic carbocycles. The molecular formula is C15H25N3. The average Bonchev–Trinajstić information content (AvgIpc) is 2.40. The van der Waals surface area contributed by atoms with Crippen LogP contribution in [-0.2, 0) is 0 Å². The van der Waals surface area contributed by atoms with Gasteiger partial charge in [0, 0.05) is 44.8 Å². The normalized spacial score (nSPS) is 20.2. The van der Waals surface area contributed by atoms with Gasteiger partial charge in [-0.05, 0) is 19.4 Å². The quantitative estimate of drug-likeness (QED) is 0.879. The topological polar surface area (TPSA) is 32.5 Å². The van der Waals surface area contributed by atoms with Crippen LogP contribution < -0.4 is 5.73 Å². The number of rotatable bonds is 4. The van der Waals surface area contributed by atoms with Gasteiger partial charge in [-0.1, -0.05) is 30.3 Å². The van der Waals surface area contributed by atoms with Crippen molar-refractivity contribution in [2.24, 2.45) is 5.73 Å². The van der Waals surface area contributed by atoms with Gasteiger partial charge in [-0.2, -0.15) is 0 Å². The summed E-state index contributed by atoms with van der Waals surface area (Å²) in [6, 6.07) is 11.2. The predicted octanol–water partition coefficient (Wildman–Crippen LogP) is 1.71. The first-order chi connectivity index (χ1) is 8.66. The molecule has 3 nitrogen and oxygen atoms in total. The van der Waals surface area contributed by atoms with Crippen molar-refractivity contribution in [3.63, 3.8) is 0 Å². The van der Waals surface area contributed by atoms with Crippen LogP contribution in [0.2, 0.25) is 0 Å². The molecule has 1 unspecified atom stereocenters. The lowest BCUT2D eigenvalue weighted by Gasteiger charge is -2.37. The van der Waals surface area contributed by atoms with Gasteiger partial charge in [0.25, 0.3) is 0 Å². The molecule has 2 N–H and O–H groups in total. The van der Waals surface area contributed by atoms with Crippen molar-refractivity contribution in [1.82, 2.24) is 9.80 Å². The summed E-state index contributed by atoms with van der Waals surface area (Å²) in [5.74, 6) is 0. The molecule has 1 fully saturated rings. The van der Waals surface area contributed by atoms with E-state index in [2.05, 4.69) is 47.9 Å². The second-order valence-corrected chi connectivity index (χ2v) is 5.45. The third-order valence-electron chi connectivity index (χ3n) is 3.82. The second kappa shape index (κ2) is 6.32. The Morgan fingerprint density at radius 3 is 2.22 bits per heavy atom. The Morgan fingerprint density at radius 2 is 1.67 bits per heavy atom. The number of hydrogen-bond acceptors (Lipinski definition) is 3. The molecule has 1 aliphatic rings. The highest BCUT2D eigenvalue weighted by atomic mass is 15.3. The Balaban J connectivity index is 1.81. The van der Waals surface area contributed by atoms with Crippen LogP contribution in [0.4, 0.5) is 0 Å². The standard InChI is InChI=1S/C15H25N3/c1-13(2)18-10-8-17(9-11-18)12-15(16)14-6-4-3-5-7-14/h3-7,13,15H,8-12,16H2,1-2H3. The zero-order valence-electron chi connectivity index (χ0n) is 11.5. The summed E-state index contributed by atoms with van der Waals surface area (Å²) < 4.78 is 0. The molecule has 0 aliphatic carbocycles. The molecule has 0 spiro atoms. The van der Waals surface area contributed by atoms with Crippen LogP contribution in [0, 0.1) is 0 Å². The van der Waals surface area contributed by atoms with Crippen LogP contribution in [0.25, 0.3) is 0 Å². The first kappa shape index (κ1) is 13.5. The van der Waals surface area contributed by atoms with Crippen molar-refractivity contribution in [2.75, 3.05) is 32.7 Å². The molecule has 1 aromatic rings. The maximum absolute atomic E-state index is 6.27. The van der Waals surface area contributed by atoms with E-state index in [0.29, 0.717) is 6.04 Å². The second-order valence-electron chi connectivity index (χ2n) is 5.45. The molecule has 1 aliphatic heterocycles. The Morgan fingerprint density at radius 1 is 1.06 bits per heavy atom. The summed E-state index contributed by atoms with van der Waals surface area (Å²) in [5.41, 5.74) is 7.50. The van der Waals surface area contributed by atoms with E-state index in [9.17, 15) is 0 Å². The van der Waals surface area contributed by atoms with Gasteiger partial charge in [-0.15, -0.1) is 0 Å². The number of hydrogen-bond donors (Lipinski definition) is 1. The molecule has 3 heteroatoms. The summed E-state index contributed by atoms with van der Waals surface area (Å²) >= 11 is 0. The molecule has 2 rings (SSSR count). The maximum atomic E-state index is 6.27. The van der Waals surface area contributed by atoms with Crippen molar-refractivity contribution in [3.05, 3.63) is 35.9 Å². The van der Waals surface area contributed by atoms with Crippen molar-refractivity contribution in [1.29, 1.82) is 0 Å². The number of nitrogens with two attached hydrogens (primary N) is 1. The zero-order valence-corrected chi connectivity index (χ0v) is 11.5. The Labute approximate surface area is 111 Å². The van der Waals surface area contributed by atoms with E-state index in [1.165, 1.54) is 18.7 Å². The molecule has 1 atom stereocenters. The summed E-state index contributed by atoms with van der Waals surface area (Å²) in [4.78, 5) is 5.01. The third-order valence-corrected chi connectivity index (χ3v) is 3.82. The maximum Gasteiger partial charge on any atom is 0.0424 e.